The monoisotopic (exact) mass is 1770 g/mol. The first-order valence-corrected chi connectivity index (χ1v) is 44.9. The number of carbonyl (C=O) groups is 15. The summed E-state index contributed by atoms with van der Waals surface area (Å²) >= 11 is 0. The summed E-state index contributed by atoms with van der Waals surface area (Å²) in [4.78, 5) is 201. The third kappa shape index (κ3) is 61.6. The van der Waals surface area contributed by atoms with Crippen molar-refractivity contribution in [3.05, 3.63) is 0 Å². The minimum Gasteiger partial charge on any atom is -0.462 e. The summed E-state index contributed by atoms with van der Waals surface area (Å²) < 4.78 is 80.4. The molecule has 0 aliphatic heterocycles. The number of rotatable bonds is 55. The minimum absolute atomic E-state index is 0.0253. The molecule has 6 unspecified atom stereocenters. The summed E-state index contributed by atoms with van der Waals surface area (Å²) in [5, 5.41) is 0. The molecule has 0 aromatic heterocycles. The standard InChI is InChI=1S/C95H162O29/c1-60(96)67(32-46-74(97)111-61(2)68(34-48-76(99)113-63(4)70(38-52-80(103)117-88(8,9)10)39-53-81(104)118-89(11,12)13)35-49-77(100)114-64(5)71(40-54-82(105)119-90(14,15)16)41-55-83(106)120-91(17,18)19)33-47-75(98)112-62(3)69(36-50-78(101)115-65(6)72(42-56-84(107)121-92(20,21)22)43-57-85(108)122-93(23,24)25)37-51-79(102)116-66(7)73(44-58-86(109)123-94(26,27)28)45-59-87(110)124-95(29,30)31/h61-73H,32-59H2,1-31H3. The Balaban J connectivity index is 7.23. The molecule has 0 rings (SSSR count). The zero-order valence-electron chi connectivity index (χ0n) is 81.6. The highest BCUT2D eigenvalue weighted by molar-refractivity contribution is 5.80. The van der Waals surface area contributed by atoms with Crippen molar-refractivity contribution in [2.45, 2.75) is 476 Å². The first-order chi connectivity index (χ1) is 56.5. The lowest BCUT2D eigenvalue weighted by Crippen LogP contribution is -2.30. The molecule has 0 saturated heterocycles. The molecule has 0 heterocycles. The number of hydrogen-bond donors (Lipinski definition) is 0. The maximum absolute atomic E-state index is 14.0. The largest absolute Gasteiger partial charge is 0.462 e. The van der Waals surface area contributed by atoms with Crippen LogP contribution in [0.4, 0.5) is 0 Å². The van der Waals surface area contributed by atoms with Crippen LogP contribution in [0.1, 0.15) is 394 Å². The Morgan fingerprint density at radius 2 is 0.266 bits per heavy atom. The molecule has 0 bridgehead atoms. The van der Waals surface area contributed by atoms with E-state index in [2.05, 4.69) is 0 Å². The number of ether oxygens (including phenoxy) is 14. The summed E-state index contributed by atoms with van der Waals surface area (Å²) in [6, 6.07) is 0. The molecule has 6 atom stereocenters. The zero-order chi connectivity index (χ0) is 95.9. The Labute approximate surface area is 741 Å². The SMILES string of the molecule is CC(=O)C(CCC(=O)OC(C)C(CCC(=O)OC(C)C(CCC(=O)OC(C)(C)C)CCC(=O)OC(C)(C)C)CCC(=O)OC(C)C(CCC(=O)OC(C)(C)C)CCC(=O)OC(C)(C)C)CCC(=O)OC(C)C(CCC(=O)OC(C)C(CCC(=O)OC(C)(C)C)CCC(=O)OC(C)(C)C)CCC(=O)OC(C)C(CCC(=O)OC(C)(C)C)CCC(=O)OC(C)(C)C. The van der Waals surface area contributed by atoms with Gasteiger partial charge in [0.15, 0.2) is 0 Å². The molecule has 0 radical (unpaired) electrons. The quantitative estimate of drug-likeness (QED) is 0.0403. The molecular formula is C95H162O29. The van der Waals surface area contributed by atoms with Crippen molar-refractivity contribution >= 4 is 89.4 Å². The third-order valence-electron chi connectivity index (χ3n) is 19.8. The van der Waals surface area contributed by atoms with Gasteiger partial charge in [-0.2, -0.15) is 0 Å². The summed E-state index contributed by atoms with van der Waals surface area (Å²) in [5.74, 6) is -12.4. The fourth-order valence-corrected chi connectivity index (χ4v) is 13.8. The lowest BCUT2D eigenvalue weighted by atomic mass is 9.91. The first kappa shape index (κ1) is 116. The van der Waals surface area contributed by atoms with Crippen molar-refractivity contribution in [3.63, 3.8) is 0 Å². The highest BCUT2D eigenvalue weighted by Gasteiger charge is 2.36. The Kier molecular flexibility index (Phi) is 51.0. The average Bonchev–Trinajstić information content (AvgIpc) is 0.916. The van der Waals surface area contributed by atoms with Crippen LogP contribution >= 0.6 is 0 Å². The second kappa shape index (κ2) is 54.4. The fourth-order valence-electron chi connectivity index (χ4n) is 13.8. The van der Waals surface area contributed by atoms with Crippen LogP contribution in [-0.2, 0) is 138 Å². The highest BCUT2D eigenvalue weighted by Crippen LogP contribution is 2.33. The number of Topliss-reactive ketones (excluding diaryl/α,β-unsaturated/α-hetero) is 1. The van der Waals surface area contributed by atoms with Gasteiger partial charge in [-0.15, -0.1) is 0 Å². The van der Waals surface area contributed by atoms with Crippen molar-refractivity contribution in [2.24, 2.45) is 41.4 Å². The maximum Gasteiger partial charge on any atom is 0.306 e. The van der Waals surface area contributed by atoms with E-state index < -0.39 is 206 Å². The van der Waals surface area contributed by atoms with Gasteiger partial charge in [0.2, 0.25) is 0 Å². The summed E-state index contributed by atoms with van der Waals surface area (Å²) in [7, 11) is 0. The van der Waals surface area contributed by atoms with Gasteiger partial charge in [-0.05, 0) is 340 Å². The van der Waals surface area contributed by atoms with Gasteiger partial charge in [-0.3, -0.25) is 71.9 Å². The molecule has 0 N–H and O–H groups in total. The van der Waals surface area contributed by atoms with Gasteiger partial charge in [-0.1, -0.05) is 0 Å². The highest BCUT2D eigenvalue weighted by atomic mass is 16.6. The van der Waals surface area contributed by atoms with Crippen LogP contribution in [0.15, 0.2) is 0 Å². The molecule has 29 heteroatoms. The van der Waals surface area contributed by atoms with Gasteiger partial charge in [0, 0.05) is 95.8 Å². The van der Waals surface area contributed by atoms with Crippen LogP contribution in [0.2, 0.25) is 0 Å². The Morgan fingerprint density at radius 1 is 0.169 bits per heavy atom. The summed E-state index contributed by atoms with van der Waals surface area (Å²) in [6.45, 7) is 53.0. The van der Waals surface area contributed by atoms with Crippen molar-refractivity contribution in [2.75, 3.05) is 0 Å². The predicted octanol–water partition coefficient (Wildman–Crippen LogP) is 18.1. The lowest BCUT2D eigenvalue weighted by molar-refractivity contribution is -0.160. The molecular weight excluding hydrogens is 1610 g/mol. The lowest BCUT2D eigenvalue weighted by Gasteiger charge is -2.27. The molecule has 0 fully saturated rings. The van der Waals surface area contributed by atoms with Gasteiger partial charge in [0.25, 0.3) is 0 Å². The van der Waals surface area contributed by atoms with Crippen LogP contribution < -0.4 is 0 Å². The summed E-state index contributed by atoms with van der Waals surface area (Å²) in [5.41, 5.74) is -6.10. The van der Waals surface area contributed by atoms with Crippen LogP contribution in [-0.4, -0.2) is 171 Å². The van der Waals surface area contributed by atoms with Gasteiger partial charge in [0.05, 0.1) is 0 Å². The van der Waals surface area contributed by atoms with E-state index in [1.54, 1.807) is 208 Å². The summed E-state index contributed by atoms with van der Waals surface area (Å²) in [6.07, 6.45) is -5.24. The van der Waals surface area contributed by atoms with Crippen LogP contribution in [0.5, 0.6) is 0 Å². The molecule has 0 saturated carbocycles. The minimum atomic E-state index is -0.962. The molecule has 29 nitrogen and oxygen atoms in total. The van der Waals surface area contributed by atoms with Crippen LogP contribution in [0.25, 0.3) is 0 Å². The van der Waals surface area contributed by atoms with E-state index in [9.17, 15) is 71.9 Å². The Morgan fingerprint density at radius 3 is 0.363 bits per heavy atom. The van der Waals surface area contributed by atoms with E-state index in [0.29, 0.717) is 0 Å². The topological polar surface area (TPSA) is 385 Å². The van der Waals surface area contributed by atoms with E-state index >= 15 is 0 Å². The average molecular weight is 1770 g/mol. The van der Waals surface area contributed by atoms with Crippen molar-refractivity contribution < 1.29 is 138 Å². The molecule has 0 aliphatic carbocycles. The first-order valence-electron chi connectivity index (χ1n) is 44.9. The van der Waals surface area contributed by atoms with Crippen LogP contribution in [0.3, 0.4) is 0 Å². The van der Waals surface area contributed by atoms with Gasteiger partial charge >= 0.3 is 83.6 Å². The Hall–Kier alpha value is -7.75. The van der Waals surface area contributed by atoms with Crippen molar-refractivity contribution in [1.29, 1.82) is 0 Å². The van der Waals surface area contributed by atoms with E-state index in [4.69, 9.17) is 66.3 Å². The zero-order valence-corrected chi connectivity index (χ0v) is 81.6. The number of hydrogen-bond acceptors (Lipinski definition) is 29. The second-order valence-electron chi connectivity index (χ2n) is 41.3. The van der Waals surface area contributed by atoms with E-state index in [1.165, 1.54) is 6.92 Å². The Bertz CT molecular complexity index is 2840. The smallest absolute Gasteiger partial charge is 0.306 e. The predicted molar refractivity (Wildman–Crippen MR) is 464 cm³/mol. The number of esters is 14. The molecule has 124 heavy (non-hydrogen) atoms. The van der Waals surface area contributed by atoms with Crippen molar-refractivity contribution in [3.8, 4) is 0 Å². The normalized spacial score (nSPS) is 14.7. The number of ketones is 1. The molecule has 0 aromatic rings. The van der Waals surface area contributed by atoms with Gasteiger partial charge in [-0.25, -0.2) is 0 Å². The fraction of sp³-hybridized carbons (Fsp3) is 0.842. The van der Waals surface area contributed by atoms with Crippen molar-refractivity contribution in [1.82, 2.24) is 0 Å². The van der Waals surface area contributed by atoms with Gasteiger partial charge in [0.1, 0.15) is 87.2 Å². The van der Waals surface area contributed by atoms with E-state index in [0.717, 1.165) is 0 Å². The van der Waals surface area contributed by atoms with Gasteiger partial charge < -0.3 is 66.3 Å². The molecule has 0 spiro atoms. The molecule has 0 amide bonds. The molecule has 0 aliphatic rings. The van der Waals surface area contributed by atoms with E-state index in [-0.39, 0.29) is 186 Å². The van der Waals surface area contributed by atoms with Crippen LogP contribution in [0, 0.1) is 41.4 Å². The molecule has 716 valence electrons. The number of carbonyl (C=O) groups excluding carboxylic acids is 15. The second-order valence-corrected chi connectivity index (χ2v) is 41.3. The third-order valence-corrected chi connectivity index (χ3v) is 19.8. The molecule has 0 aromatic carbocycles. The van der Waals surface area contributed by atoms with E-state index in [1.807, 2.05) is 0 Å². The maximum atomic E-state index is 14.0.